The van der Waals surface area contributed by atoms with Crippen molar-refractivity contribution in [2.24, 2.45) is 0 Å². The zero-order valence-electron chi connectivity index (χ0n) is 8.36. The van der Waals surface area contributed by atoms with Crippen LogP contribution in [0.3, 0.4) is 0 Å². The summed E-state index contributed by atoms with van der Waals surface area (Å²) in [5.74, 6) is 2.49. The number of fused-ring (bicyclic) bond motifs is 1. The van der Waals surface area contributed by atoms with Gasteiger partial charge in [0.05, 0.1) is 17.4 Å². The topological polar surface area (TPSA) is 40.7 Å². The largest absolute Gasteiger partial charge is 0.380 e. The Balaban J connectivity index is 1.92. The summed E-state index contributed by atoms with van der Waals surface area (Å²) in [5, 5.41) is 11.9. The summed E-state index contributed by atoms with van der Waals surface area (Å²) in [5.41, 5.74) is 2.30. The summed E-state index contributed by atoms with van der Waals surface area (Å²) < 4.78 is 0. The van der Waals surface area contributed by atoms with E-state index < -0.39 is 0 Å². The number of rotatable bonds is 2. The van der Waals surface area contributed by atoms with Crippen LogP contribution in [0, 0.1) is 0 Å². The molecule has 1 aromatic heterocycles. The number of para-hydroxylation sites is 1. The van der Waals surface area contributed by atoms with Crippen LogP contribution in [0.5, 0.6) is 0 Å². The fourth-order valence-corrected chi connectivity index (χ4v) is 3.11. The standard InChI is InChI=1S/C11H13N3S/c1-2-8-6-12-14-11(8)10(3-1)13-9-4-5-15-7-9/h1-3,6,9,13H,4-5,7H2,(H,12,14). The van der Waals surface area contributed by atoms with Crippen LogP contribution in [0.4, 0.5) is 5.69 Å². The van der Waals surface area contributed by atoms with Crippen LogP contribution in [-0.4, -0.2) is 27.7 Å². The number of benzene rings is 1. The van der Waals surface area contributed by atoms with Gasteiger partial charge in [0.1, 0.15) is 0 Å². The van der Waals surface area contributed by atoms with E-state index in [0.29, 0.717) is 6.04 Å². The lowest BCUT2D eigenvalue weighted by atomic mass is 10.2. The van der Waals surface area contributed by atoms with Crippen LogP contribution < -0.4 is 5.32 Å². The highest BCUT2D eigenvalue weighted by Gasteiger charge is 2.15. The first-order chi connectivity index (χ1) is 7.43. The van der Waals surface area contributed by atoms with Crippen molar-refractivity contribution in [3.63, 3.8) is 0 Å². The van der Waals surface area contributed by atoms with Crippen LogP contribution in [0.15, 0.2) is 24.4 Å². The fourth-order valence-electron chi connectivity index (χ4n) is 1.96. The number of H-pyrrole nitrogens is 1. The van der Waals surface area contributed by atoms with Gasteiger partial charge in [-0.25, -0.2) is 0 Å². The predicted octanol–water partition coefficient (Wildman–Crippen LogP) is 2.48. The number of hydrogen-bond donors (Lipinski definition) is 2. The molecular weight excluding hydrogens is 206 g/mol. The minimum absolute atomic E-state index is 0.615. The van der Waals surface area contributed by atoms with Gasteiger partial charge in [-0.2, -0.15) is 16.9 Å². The number of anilines is 1. The van der Waals surface area contributed by atoms with Crippen molar-refractivity contribution in [3.05, 3.63) is 24.4 Å². The van der Waals surface area contributed by atoms with Gasteiger partial charge in [0.2, 0.25) is 0 Å². The Morgan fingerprint density at radius 1 is 1.47 bits per heavy atom. The predicted molar refractivity (Wildman–Crippen MR) is 65.4 cm³/mol. The molecule has 78 valence electrons. The third-order valence-electron chi connectivity index (χ3n) is 2.77. The van der Waals surface area contributed by atoms with Crippen molar-refractivity contribution in [2.45, 2.75) is 12.5 Å². The number of hydrogen-bond acceptors (Lipinski definition) is 3. The van der Waals surface area contributed by atoms with E-state index in [1.807, 2.05) is 18.0 Å². The normalized spacial score (nSPS) is 20.9. The SMILES string of the molecule is c1cc(NC2CCSC2)c2[nH]ncc2c1. The first-order valence-electron chi connectivity index (χ1n) is 5.20. The van der Waals surface area contributed by atoms with E-state index in [2.05, 4.69) is 33.7 Å². The molecule has 3 rings (SSSR count). The maximum Gasteiger partial charge on any atom is 0.0881 e. The van der Waals surface area contributed by atoms with E-state index in [9.17, 15) is 0 Å². The monoisotopic (exact) mass is 219 g/mol. The average molecular weight is 219 g/mol. The maximum absolute atomic E-state index is 4.07. The molecule has 1 fully saturated rings. The van der Waals surface area contributed by atoms with Crippen LogP contribution in [-0.2, 0) is 0 Å². The summed E-state index contributed by atoms with van der Waals surface area (Å²) in [6.45, 7) is 0. The van der Waals surface area contributed by atoms with Crippen molar-refractivity contribution >= 4 is 28.4 Å². The highest BCUT2D eigenvalue weighted by atomic mass is 32.2. The van der Waals surface area contributed by atoms with Crippen molar-refractivity contribution in [3.8, 4) is 0 Å². The van der Waals surface area contributed by atoms with Crippen molar-refractivity contribution in [2.75, 3.05) is 16.8 Å². The molecule has 0 bridgehead atoms. The number of aromatic amines is 1. The van der Waals surface area contributed by atoms with Crippen LogP contribution in [0.2, 0.25) is 0 Å². The minimum Gasteiger partial charge on any atom is -0.380 e. The molecule has 1 atom stereocenters. The van der Waals surface area contributed by atoms with Gasteiger partial charge in [0, 0.05) is 17.2 Å². The number of nitrogens with zero attached hydrogens (tertiary/aromatic N) is 1. The summed E-state index contributed by atoms with van der Waals surface area (Å²) >= 11 is 2.02. The van der Waals surface area contributed by atoms with Crippen molar-refractivity contribution in [1.29, 1.82) is 0 Å². The number of nitrogens with one attached hydrogen (secondary N) is 2. The first kappa shape index (κ1) is 9.09. The minimum atomic E-state index is 0.615. The highest BCUT2D eigenvalue weighted by molar-refractivity contribution is 7.99. The van der Waals surface area contributed by atoms with Crippen LogP contribution in [0.25, 0.3) is 10.9 Å². The molecule has 1 aromatic carbocycles. The lowest BCUT2D eigenvalue weighted by Crippen LogP contribution is -2.18. The molecule has 1 aliphatic heterocycles. The molecular formula is C11H13N3S. The Morgan fingerprint density at radius 2 is 2.47 bits per heavy atom. The van der Waals surface area contributed by atoms with Gasteiger partial charge in [-0.3, -0.25) is 5.10 Å². The zero-order valence-corrected chi connectivity index (χ0v) is 9.18. The molecule has 0 saturated carbocycles. The van der Waals surface area contributed by atoms with E-state index in [1.54, 1.807) is 0 Å². The second-order valence-electron chi connectivity index (χ2n) is 3.84. The second kappa shape index (κ2) is 3.77. The first-order valence-corrected chi connectivity index (χ1v) is 6.35. The third-order valence-corrected chi connectivity index (χ3v) is 3.93. The molecule has 2 aromatic rings. The highest BCUT2D eigenvalue weighted by Crippen LogP contribution is 2.25. The maximum atomic E-state index is 4.07. The summed E-state index contributed by atoms with van der Waals surface area (Å²) in [6.07, 6.45) is 3.12. The van der Waals surface area contributed by atoms with E-state index in [0.717, 1.165) is 5.52 Å². The molecule has 3 nitrogen and oxygen atoms in total. The molecule has 4 heteroatoms. The van der Waals surface area contributed by atoms with E-state index >= 15 is 0 Å². The van der Waals surface area contributed by atoms with Gasteiger partial charge in [-0.05, 0) is 18.2 Å². The Morgan fingerprint density at radius 3 is 3.33 bits per heavy atom. The molecule has 0 aliphatic carbocycles. The van der Waals surface area contributed by atoms with Crippen molar-refractivity contribution < 1.29 is 0 Å². The molecule has 0 spiro atoms. The molecule has 0 amide bonds. The second-order valence-corrected chi connectivity index (χ2v) is 4.99. The van der Waals surface area contributed by atoms with Gasteiger partial charge < -0.3 is 5.32 Å². The lowest BCUT2D eigenvalue weighted by molar-refractivity contribution is 0.814. The van der Waals surface area contributed by atoms with Gasteiger partial charge in [0.15, 0.2) is 0 Å². The smallest absolute Gasteiger partial charge is 0.0881 e. The van der Waals surface area contributed by atoms with Crippen LogP contribution in [0.1, 0.15) is 6.42 Å². The zero-order chi connectivity index (χ0) is 10.1. The Labute approximate surface area is 92.6 Å². The third kappa shape index (κ3) is 1.69. The number of aromatic nitrogens is 2. The van der Waals surface area contributed by atoms with Crippen molar-refractivity contribution in [1.82, 2.24) is 10.2 Å². The van der Waals surface area contributed by atoms with Gasteiger partial charge >= 0.3 is 0 Å². The fraction of sp³-hybridized carbons (Fsp3) is 0.364. The molecule has 2 N–H and O–H groups in total. The average Bonchev–Trinajstić information content (AvgIpc) is 2.87. The Hall–Kier alpha value is -1.16. The Bertz CT molecular complexity index is 460. The lowest BCUT2D eigenvalue weighted by Gasteiger charge is -2.13. The van der Waals surface area contributed by atoms with E-state index in [-0.39, 0.29) is 0 Å². The van der Waals surface area contributed by atoms with Gasteiger partial charge in [-0.1, -0.05) is 12.1 Å². The van der Waals surface area contributed by atoms with Gasteiger partial charge in [-0.15, -0.1) is 0 Å². The molecule has 1 aliphatic rings. The molecule has 0 radical (unpaired) electrons. The summed E-state index contributed by atoms with van der Waals surface area (Å²) in [7, 11) is 0. The van der Waals surface area contributed by atoms with E-state index in [4.69, 9.17) is 0 Å². The quantitative estimate of drug-likeness (QED) is 0.815. The molecule has 2 heterocycles. The molecule has 1 unspecified atom stereocenters. The molecule has 15 heavy (non-hydrogen) atoms. The van der Waals surface area contributed by atoms with E-state index in [1.165, 1.54) is 29.0 Å². The Kier molecular flexibility index (Phi) is 2.29. The van der Waals surface area contributed by atoms with Crippen LogP contribution >= 0.6 is 11.8 Å². The van der Waals surface area contributed by atoms with Gasteiger partial charge in [0.25, 0.3) is 0 Å². The number of thioether (sulfide) groups is 1. The summed E-state index contributed by atoms with van der Waals surface area (Å²) in [4.78, 5) is 0. The molecule has 1 saturated heterocycles. The summed E-state index contributed by atoms with van der Waals surface area (Å²) in [6, 6.07) is 6.88.